The fourth-order valence-electron chi connectivity index (χ4n) is 2.32. The van der Waals surface area contributed by atoms with Gasteiger partial charge in [0.15, 0.2) is 5.96 Å². The van der Waals surface area contributed by atoms with Crippen molar-refractivity contribution in [2.75, 3.05) is 19.7 Å². The van der Waals surface area contributed by atoms with Crippen LogP contribution >= 0.6 is 11.3 Å². The van der Waals surface area contributed by atoms with Crippen molar-refractivity contribution in [2.24, 2.45) is 4.99 Å². The summed E-state index contributed by atoms with van der Waals surface area (Å²) in [5.41, 5.74) is -0.0459. The van der Waals surface area contributed by atoms with E-state index >= 15 is 0 Å². The molecule has 1 aromatic heterocycles. The fraction of sp³-hybridized carbons (Fsp3) is 0.667. The van der Waals surface area contributed by atoms with E-state index < -0.39 is 0 Å². The number of nitrogens with one attached hydrogen (secondary N) is 2. The number of hydrogen-bond donors (Lipinski definition) is 2. The van der Waals surface area contributed by atoms with E-state index in [1.165, 1.54) is 9.75 Å². The number of thiophene rings is 1. The second-order valence-corrected chi connectivity index (χ2v) is 6.84. The third-order valence-corrected chi connectivity index (χ3v) is 4.45. The van der Waals surface area contributed by atoms with Crippen molar-refractivity contribution in [1.29, 1.82) is 0 Å². The van der Waals surface area contributed by atoms with Crippen LogP contribution in [0.1, 0.15) is 36.4 Å². The highest BCUT2D eigenvalue weighted by Crippen LogP contribution is 2.23. The molecule has 0 aromatic carbocycles. The summed E-state index contributed by atoms with van der Waals surface area (Å²) in [6, 6.07) is 4.29. The van der Waals surface area contributed by atoms with Gasteiger partial charge in [0.1, 0.15) is 0 Å². The lowest BCUT2D eigenvalue weighted by Gasteiger charge is -2.24. The molecular weight excluding hydrogens is 270 g/mol. The number of guanidine groups is 1. The zero-order valence-electron chi connectivity index (χ0n) is 12.7. The Hall–Kier alpha value is -1.07. The second kappa shape index (κ2) is 7.09. The maximum absolute atomic E-state index is 5.79. The molecule has 20 heavy (non-hydrogen) atoms. The SMILES string of the molecule is CCNC(=NCc1ccc(C)s1)NCC1(C)CCCO1. The lowest BCUT2D eigenvalue weighted by molar-refractivity contribution is 0.0243. The third kappa shape index (κ3) is 4.49. The first-order chi connectivity index (χ1) is 9.61. The van der Waals surface area contributed by atoms with E-state index in [1.807, 2.05) is 0 Å². The molecule has 1 unspecified atom stereocenters. The van der Waals surface area contributed by atoms with Crippen LogP contribution in [0.25, 0.3) is 0 Å². The Morgan fingerprint density at radius 3 is 2.90 bits per heavy atom. The zero-order valence-corrected chi connectivity index (χ0v) is 13.5. The van der Waals surface area contributed by atoms with Crippen LogP contribution in [-0.4, -0.2) is 31.3 Å². The largest absolute Gasteiger partial charge is 0.373 e. The van der Waals surface area contributed by atoms with Crippen LogP contribution in [0.2, 0.25) is 0 Å². The Morgan fingerprint density at radius 2 is 2.30 bits per heavy atom. The molecule has 1 fully saturated rings. The van der Waals surface area contributed by atoms with Crippen LogP contribution in [0.4, 0.5) is 0 Å². The van der Waals surface area contributed by atoms with E-state index in [4.69, 9.17) is 4.74 Å². The summed E-state index contributed by atoms with van der Waals surface area (Å²) in [5.74, 6) is 0.871. The normalized spacial score (nSPS) is 23.1. The van der Waals surface area contributed by atoms with Gasteiger partial charge in [-0.3, -0.25) is 0 Å². The molecule has 1 aliphatic rings. The topological polar surface area (TPSA) is 45.7 Å². The van der Waals surface area contributed by atoms with Crippen LogP contribution in [0, 0.1) is 6.92 Å². The van der Waals surface area contributed by atoms with E-state index in [-0.39, 0.29) is 5.60 Å². The minimum absolute atomic E-state index is 0.0459. The van der Waals surface area contributed by atoms with Gasteiger partial charge in [-0.15, -0.1) is 11.3 Å². The molecule has 1 atom stereocenters. The maximum Gasteiger partial charge on any atom is 0.191 e. The van der Waals surface area contributed by atoms with Gasteiger partial charge in [-0.05, 0) is 45.7 Å². The molecule has 2 N–H and O–H groups in total. The molecule has 2 heterocycles. The predicted octanol–water partition coefficient (Wildman–Crippen LogP) is 2.68. The fourth-order valence-corrected chi connectivity index (χ4v) is 3.13. The molecule has 1 aromatic rings. The quantitative estimate of drug-likeness (QED) is 0.648. The van der Waals surface area contributed by atoms with E-state index in [1.54, 1.807) is 11.3 Å². The lowest BCUT2D eigenvalue weighted by Crippen LogP contribution is -2.45. The molecule has 5 heteroatoms. The Bertz CT molecular complexity index is 450. The van der Waals surface area contributed by atoms with Crippen molar-refractivity contribution in [1.82, 2.24) is 10.6 Å². The van der Waals surface area contributed by atoms with Gasteiger partial charge in [0.2, 0.25) is 0 Å². The first-order valence-corrected chi connectivity index (χ1v) is 8.14. The summed E-state index contributed by atoms with van der Waals surface area (Å²) in [7, 11) is 0. The number of ether oxygens (including phenoxy) is 1. The van der Waals surface area contributed by atoms with Crippen molar-refractivity contribution >= 4 is 17.3 Å². The average molecular weight is 295 g/mol. The highest BCUT2D eigenvalue weighted by Gasteiger charge is 2.29. The van der Waals surface area contributed by atoms with Gasteiger partial charge in [0.25, 0.3) is 0 Å². The molecule has 0 spiro atoms. The molecule has 2 rings (SSSR count). The molecule has 0 saturated carbocycles. The van der Waals surface area contributed by atoms with Crippen molar-refractivity contribution < 1.29 is 4.74 Å². The Labute approximate surface area is 125 Å². The smallest absolute Gasteiger partial charge is 0.191 e. The van der Waals surface area contributed by atoms with Gasteiger partial charge in [-0.2, -0.15) is 0 Å². The molecular formula is C15H25N3OS. The van der Waals surface area contributed by atoms with Crippen molar-refractivity contribution in [3.05, 3.63) is 21.9 Å². The molecule has 1 saturated heterocycles. The minimum Gasteiger partial charge on any atom is -0.373 e. The van der Waals surface area contributed by atoms with E-state index in [2.05, 4.69) is 48.5 Å². The lowest BCUT2D eigenvalue weighted by atomic mass is 10.0. The van der Waals surface area contributed by atoms with Gasteiger partial charge in [0.05, 0.1) is 12.1 Å². The molecule has 112 valence electrons. The average Bonchev–Trinajstić information content (AvgIpc) is 3.03. The first kappa shape index (κ1) is 15.3. The Kier molecular flexibility index (Phi) is 5.43. The number of rotatable bonds is 5. The number of aliphatic imine (C=N–C) groups is 1. The summed E-state index contributed by atoms with van der Waals surface area (Å²) in [6.45, 7) is 9.65. The highest BCUT2D eigenvalue weighted by atomic mass is 32.1. The molecule has 0 aliphatic carbocycles. The third-order valence-electron chi connectivity index (χ3n) is 3.46. The standard InChI is InChI=1S/C15H25N3OS/c1-4-16-14(17-10-13-7-6-12(2)20-13)18-11-15(3)8-5-9-19-15/h6-7H,4-5,8-11H2,1-3H3,(H2,16,17,18). The van der Waals surface area contributed by atoms with Gasteiger partial charge in [-0.25, -0.2) is 4.99 Å². The minimum atomic E-state index is -0.0459. The summed E-state index contributed by atoms with van der Waals surface area (Å²) in [4.78, 5) is 7.27. The highest BCUT2D eigenvalue weighted by molar-refractivity contribution is 7.11. The monoisotopic (exact) mass is 295 g/mol. The maximum atomic E-state index is 5.79. The van der Waals surface area contributed by atoms with Gasteiger partial charge in [0, 0.05) is 29.5 Å². The molecule has 0 radical (unpaired) electrons. The summed E-state index contributed by atoms with van der Waals surface area (Å²) < 4.78 is 5.79. The Balaban J connectivity index is 1.88. The summed E-state index contributed by atoms with van der Waals surface area (Å²) in [5, 5.41) is 6.69. The number of aryl methyl sites for hydroxylation is 1. The van der Waals surface area contributed by atoms with E-state index in [0.717, 1.165) is 45.0 Å². The summed E-state index contributed by atoms with van der Waals surface area (Å²) in [6.07, 6.45) is 2.27. The van der Waals surface area contributed by atoms with Gasteiger partial charge >= 0.3 is 0 Å². The van der Waals surface area contributed by atoms with Crippen LogP contribution in [0.5, 0.6) is 0 Å². The van der Waals surface area contributed by atoms with Crippen molar-refractivity contribution in [3.8, 4) is 0 Å². The molecule has 4 nitrogen and oxygen atoms in total. The molecule has 1 aliphatic heterocycles. The summed E-state index contributed by atoms with van der Waals surface area (Å²) >= 11 is 1.80. The molecule has 0 bridgehead atoms. The number of hydrogen-bond acceptors (Lipinski definition) is 3. The second-order valence-electron chi connectivity index (χ2n) is 5.46. The van der Waals surface area contributed by atoms with Crippen LogP contribution < -0.4 is 10.6 Å². The van der Waals surface area contributed by atoms with E-state index in [0.29, 0.717) is 0 Å². The zero-order chi connectivity index (χ0) is 14.4. The first-order valence-electron chi connectivity index (χ1n) is 7.33. The van der Waals surface area contributed by atoms with Crippen LogP contribution in [-0.2, 0) is 11.3 Å². The van der Waals surface area contributed by atoms with Gasteiger partial charge < -0.3 is 15.4 Å². The predicted molar refractivity (Wildman–Crippen MR) is 85.5 cm³/mol. The van der Waals surface area contributed by atoms with Crippen LogP contribution in [0.3, 0.4) is 0 Å². The van der Waals surface area contributed by atoms with Crippen molar-refractivity contribution in [3.63, 3.8) is 0 Å². The van der Waals surface area contributed by atoms with Gasteiger partial charge in [-0.1, -0.05) is 0 Å². The Morgan fingerprint density at radius 1 is 1.45 bits per heavy atom. The van der Waals surface area contributed by atoms with Crippen molar-refractivity contribution in [2.45, 2.75) is 45.8 Å². The number of nitrogens with zero attached hydrogens (tertiary/aromatic N) is 1. The molecule has 0 amide bonds. The van der Waals surface area contributed by atoms with Crippen LogP contribution in [0.15, 0.2) is 17.1 Å². The van der Waals surface area contributed by atoms with E-state index in [9.17, 15) is 0 Å².